The van der Waals surface area contributed by atoms with E-state index in [0.717, 1.165) is 11.3 Å². The van der Waals surface area contributed by atoms with Gasteiger partial charge in [0, 0.05) is 25.7 Å². The van der Waals surface area contributed by atoms with Crippen molar-refractivity contribution in [2.45, 2.75) is 0 Å². The molecule has 0 spiro atoms. The summed E-state index contributed by atoms with van der Waals surface area (Å²) in [4.78, 5) is 1.72. The second-order valence-electron chi connectivity index (χ2n) is 3.77. The molecule has 0 aliphatic heterocycles. The van der Waals surface area contributed by atoms with Gasteiger partial charge in [0.15, 0.2) is 0 Å². The number of halogens is 1. The van der Waals surface area contributed by atoms with Crippen LogP contribution in [0.4, 0.5) is 15.9 Å². The number of aromatic amines is 1. The van der Waals surface area contributed by atoms with Gasteiger partial charge in [-0.05, 0) is 18.2 Å². The van der Waals surface area contributed by atoms with Gasteiger partial charge in [-0.25, -0.2) is 4.39 Å². The van der Waals surface area contributed by atoms with Crippen LogP contribution in [0, 0.1) is 5.82 Å². The molecule has 84 valence electrons. The molecule has 1 aromatic heterocycles. The lowest BCUT2D eigenvalue weighted by molar-refractivity contribution is 0.626. The molecule has 0 aliphatic carbocycles. The van der Waals surface area contributed by atoms with Gasteiger partial charge in [0.2, 0.25) is 0 Å². The van der Waals surface area contributed by atoms with Crippen molar-refractivity contribution in [1.29, 1.82) is 0 Å². The number of nitrogens with one attached hydrogen (secondary N) is 1. The van der Waals surface area contributed by atoms with E-state index in [4.69, 9.17) is 5.73 Å². The number of nitrogens with two attached hydrogens (primary N) is 1. The lowest BCUT2D eigenvalue weighted by Gasteiger charge is -2.14. The summed E-state index contributed by atoms with van der Waals surface area (Å²) in [5.41, 5.74) is 7.68. The van der Waals surface area contributed by atoms with Crippen LogP contribution in [-0.4, -0.2) is 24.3 Å². The summed E-state index contributed by atoms with van der Waals surface area (Å²) in [5.74, 6) is 0.173. The molecule has 0 aliphatic rings. The quantitative estimate of drug-likeness (QED) is 0.812. The standard InChI is InChI=1S/C11H13FN4/c1-16(2)10-5-7(3-4-8(10)12)9-6-11(13)15-14-9/h3-6H,1-2H3,(H3,13,14,15). The van der Waals surface area contributed by atoms with Crippen LogP contribution >= 0.6 is 0 Å². The summed E-state index contributed by atoms with van der Waals surface area (Å²) in [6, 6.07) is 6.59. The largest absolute Gasteiger partial charge is 0.382 e. The van der Waals surface area contributed by atoms with Gasteiger partial charge >= 0.3 is 0 Å². The highest BCUT2D eigenvalue weighted by Crippen LogP contribution is 2.25. The molecule has 4 nitrogen and oxygen atoms in total. The van der Waals surface area contributed by atoms with E-state index in [-0.39, 0.29) is 5.82 Å². The Balaban J connectivity index is 2.47. The lowest BCUT2D eigenvalue weighted by atomic mass is 10.1. The molecule has 1 aromatic carbocycles. The average molecular weight is 220 g/mol. The van der Waals surface area contributed by atoms with Gasteiger partial charge in [0.05, 0.1) is 11.4 Å². The van der Waals surface area contributed by atoms with E-state index in [2.05, 4.69) is 10.2 Å². The van der Waals surface area contributed by atoms with Gasteiger partial charge in [-0.3, -0.25) is 5.10 Å². The molecule has 0 saturated heterocycles. The lowest BCUT2D eigenvalue weighted by Crippen LogP contribution is -2.10. The maximum Gasteiger partial charge on any atom is 0.146 e. The molecule has 3 N–H and O–H groups in total. The summed E-state index contributed by atoms with van der Waals surface area (Å²) in [6.45, 7) is 0. The number of H-pyrrole nitrogens is 1. The molecule has 0 saturated carbocycles. The maximum absolute atomic E-state index is 13.4. The molecule has 0 fully saturated rings. The summed E-state index contributed by atoms with van der Waals surface area (Å²) in [5, 5.41) is 6.63. The van der Waals surface area contributed by atoms with E-state index in [9.17, 15) is 4.39 Å². The zero-order valence-electron chi connectivity index (χ0n) is 9.16. The zero-order valence-corrected chi connectivity index (χ0v) is 9.16. The third kappa shape index (κ3) is 1.84. The average Bonchev–Trinajstić information content (AvgIpc) is 2.65. The Morgan fingerprint density at radius 1 is 1.31 bits per heavy atom. The van der Waals surface area contributed by atoms with Gasteiger partial charge in [0.1, 0.15) is 11.6 Å². The Morgan fingerprint density at radius 3 is 2.62 bits per heavy atom. The molecule has 0 unspecified atom stereocenters. The first-order chi connectivity index (χ1) is 7.58. The fraction of sp³-hybridized carbons (Fsp3) is 0.182. The number of anilines is 2. The van der Waals surface area contributed by atoms with Gasteiger partial charge < -0.3 is 10.6 Å². The summed E-state index contributed by atoms with van der Waals surface area (Å²) >= 11 is 0. The summed E-state index contributed by atoms with van der Waals surface area (Å²) < 4.78 is 13.4. The highest BCUT2D eigenvalue weighted by atomic mass is 19.1. The Hall–Kier alpha value is -2.04. The molecule has 5 heteroatoms. The topological polar surface area (TPSA) is 57.9 Å². The van der Waals surface area contributed by atoms with E-state index in [1.165, 1.54) is 6.07 Å². The van der Waals surface area contributed by atoms with Gasteiger partial charge in [-0.15, -0.1) is 0 Å². The molecular formula is C11H13FN4. The SMILES string of the molecule is CN(C)c1cc(-c2cc(N)n[nH]2)ccc1F. The van der Waals surface area contributed by atoms with Crippen molar-refractivity contribution in [1.82, 2.24) is 10.2 Å². The summed E-state index contributed by atoms with van der Waals surface area (Å²) in [6.07, 6.45) is 0. The van der Waals surface area contributed by atoms with Crippen molar-refractivity contribution in [3.8, 4) is 11.3 Å². The van der Waals surface area contributed by atoms with Crippen LogP contribution in [0.5, 0.6) is 0 Å². The van der Waals surface area contributed by atoms with E-state index in [1.807, 2.05) is 0 Å². The molecule has 0 amide bonds. The van der Waals surface area contributed by atoms with Crippen LogP contribution in [-0.2, 0) is 0 Å². The Kier molecular flexibility index (Phi) is 2.52. The molecule has 0 bridgehead atoms. The van der Waals surface area contributed by atoms with Crippen LogP contribution in [0.3, 0.4) is 0 Å². The van der Waals surface area contributed by atoms with Crippen LogP contribution in [0.1, 0.15) is 0 Å². The molecule has 2 rings (SSSR count). The predicted octanol–water partition coefficient (Wildman–Crippen LogP) is 1.86. The van der Waals surface area contributed by atoms with Crippen LogP contribution in [0.15, 0.2) is 24.3 Å². The summed E-state index contributed by atoms with van der Waals surface area (Å²) in [7, 11) is 3.59. The van der Waals surface area contributed by atoms with Crippen molar-refractivity contribution in [3.05, 3.63) is 30.1 Å². The molecule has 2 aromatic rings. The first-order valence-electron chi connectivity index (χ1n) is 4.86. The highest BCUT2D eigenvalue weighted by molar-refractivity contribution is 5.67. The van der Waals surface area contributed by atoms with E-state index in [1.54, 1.807) is 37.2 Å². The van der Waals surface area contributed by atoms with Crippen molar-refractivity contribution in [3.63, 3.8) is 0 Å². The smallest absolute Gasteiger partial charge is 0.146 e. The van der Waals surface area contributed by atoms with E-state index < -0.39 is 0 Å². The van der Waals surface area contributed by atoms with E-state index >= 15 is 0 Å². The second-order valence-corrected chi connectivity index (χ2v) is 3.77. The Bertz CT molecular complexity index is 504. The minimum absolute atomic E-state index is 0.249. The highest BCUT2D eigenvalue weighted by Gasteiger charge is 2.08. The van der Waals surface area contributed by atoms with Crippen LogP contribution in [0.2, 0.25) is 0 Å². The van der Waals surface area contributed by atoms with Crippen molar-refractivity contribution < 1.29 is 4.39 Å². The minimum atomic E-state index is -0.249. The van der Waals surface area contributed by atoms with Crippen molar-refractivity contribution >= 4 is 11.5 Å². The molecular weight excluding hydrogens is 207 g/mol. The Morgan fingerprint density at radius 2 is 2.06 bits per heavy atom. The molecule has 1 heterocycles. The first-order valence-corrected chi connectivity index (χ1v) is 4.86. The number of aromatic nitrogens is 2. The van der Waals surface area contributed by atoms with Gasteiger partial charge in [0.25, 0.3) is 0 Å². The van der Waals surface area contributed by atoms with Crippen LogP contribution in [0.25, 0.3) is 11.3 Å². The van der Waals surface area contributed by atoms with Crippen molar-refractivity contribution in [2.75, 3.05) is 24.7 Å². The monoisotopic (exact) mass is 220 g/mol. The fourth-order valence-electron chi connectivity index (χ4n) is 1.51. The first kappa shape index (κ1) is 10.5. The zero-order chi connectivity index (χ0) is 11.7. The van der Waals surface area contributed by atoms with Gasteiger partial charge in [-0.2, -0.15) is 5.10 Å². The second kappa shape index (κ2) is 3.84. The normalized spacial score (nSPS) is 10.4. The Labute approximate surface area is 92.9 Å². The molecule has 0 atom stereocenters. The van der Waals surface area contributed by atoms with Gasteiger partial charge in [-0.1, -0.05) is 0 Å². The fourth-order valence-corrected chi connectivity index (χ4v) is 1.51. The third-order valence-corrected chi connectivity index (χ3v) is 2.34. The molecule has 16 heavy (non-hydrogen) atoms. The maximum atomic E-state index is 13.4. The predicted molar refractivity (Wildman–Crippen MR) is 62.7 cm³/mol. The van der Waals surface area contributed by atoms with Crippen molar-refractivity contribution in [2.24, 2.45) is 0 Å². The van der Waals surface area contributed by atoms with Crippen LogP contribution < -0.4 is 10.6 Å². The number of nitrogens with zero attached hydrogens (tertiary/aromatic N) is 2. The number of rotatable bonds is 2. The number of benzene rings is 1. The number of nitrogen functional groups attached to an aromatic ring is 1. The number of hydrogen-bond acceptors (Lipinski definition) is 3. The number of hydrogen-bond donors (Lipinski definition) is 2. The molecule has 0 radical (unpaired) electrons. The van der Waals surface area contributed by atoms with E-state index in [0.29, 0.717) is 11.5 Å². The third-order valence-electron chi connectivity index (χ3n) is 2.34. The minimum Gasteiger partial charge on any atom is -0.382 e.